The number of rotatable bonds is 4. The number of hydrogen-bond acceptors (Lipinski definition) is 4. The predicted molar refractivity (Wildman–Crippen MR) is 96.8 cm³/mol. The number of carbonyl (C=O) groups excluding carboxylic acids is 2. The zero-order valence-corrected chi connectivity index (χ0v) is 16.1. The Bertz CT molecular complexity index is 618. The van der Waals surface area contributed by atoms with Gasteiger partial charge in [-0.3, -0.25) is 4.79 Å². The summed E-state index contributed by atoms with van der Waals surface area (Å²) in [5.41, 5.74) is 0.570. The fraction of sp³-hybridized carbons (Fsp3) is 0.556. The number of piperidine rings is 1. The summed E-state index contributed by atoms with van der Waals surface area (Å²) in [6.45, 7) is 1.75. The zero-order valence-electron chi connectivity index (χ0n) is 14.0. The van der Waals surface area contributed by atoms with Crippen LogP contribution < -0.4 is 4.90 Å². The Balaban J connectivity index is 1.72. The number of nitrogens with one attached hydrogen (secondary N) is 1. The molecule has 1 N–H and O–H groups in total. The van der Waals surface area contributed by atoms with E-state index in [0.29, 0.717) is 24.3 Å². The van der Waals surface area contributed by atoms with E-state index >= 15 is 0 Å². The summed E-state index contributed by atoms with van der Waals surface area (Å²) in [4.78, 5) is 25.2. The second-order valence-electron chi connectivity index (χ2n) is 6.78. The van der Waals surface area contributed by atoms with Crippen molar-refractivity contribution in [2.75, 3.05) is 13.7 Å². The lowest BCUT2D eigenvalue weighted by atomic mass is 9.88. The minimum atomic E-state index is -0.289. The predicted octanol–water partition coefficient (Wildman–Crippen LogP) is 1.45. The van der Waals surface area contributed by atoms with Gasteiger partial charge in [-0.25, -0.2) is 4.79 Å². The van der Waals surface area contributed by atoms with Crippen LogP contribution in [0, 0.1) is 9.49 Å². The number of ether oxygens (including phenoxy) is 2. The molecule has 1 aromatic rings. The van der Waals surface area contributed by atoms with Gasteiger partial charge in [0.25, 0.3) is 0 Å². The summed E-state index contributed by atoms with van der Waals surface area (Å²) in [5.74, 6) is -0.501. The molecule has 2 heterocycles. The van der Waals surface area contributed by atoms with Gasteiger partial charge in [0.05, 0.1) is 30.6 Å². The molecule has 5 atom stereocenters. The van der Waals surface area contributed by atoms with Gasteiger partial charge in [-0.1, -0.05) is 0 Å². The lowest BCUT2D eigenvalue weighted by Gasteiger charge is -2.39. The first-order valence-electron chi connectivity index (χ1n) is 8.39. The maximum absolute atomic E-state index is 12.5. The topological polar surface area (TPSA) is 57.0 Å². The quantitative estimate of drug-likeness (QED) is 0.565. The third kappa shape index (κ3) is 3.74. The number of hydrogen-bond donors (Lipinski definition) is 1. The molecule has 0 aliphatic carbocycles. The molecule has 2 bridgehead atoms. The van der Waals surface area contributed by atoms with Gasteiger partial charge in [0.2, 0.25) is 0 Å². The fourth-order valence-electron chi connectivity index (χ4n) is 4.07. The molecule has 24 heavy (non-hydrogen) atoms. The van der Waals surface area contributed by atoms with Gasteiger partial charge in [0.1, 0.15) is 12.7 Å². The van der Waals surface area contributed by atoms with Crippen LogP contribution in [0.3, 0.4) is 0 Å². The summed E-state index contributed by atoms with van der Waals surface area (Å²) in [6.07, 6.45) is 2.90. The Morgan fingerprint density at radius 3 is 2.62 bits per heavy atom. The van der Waals surface area contributed by atoms with Crippen LogP contribution in [0.4, 0.5) is 0 Å². The van der Waals surface area contributed by atoms with Crippen molar-refractivity contribution < 1.29 is 24.0 Å². The van der Waals surface area contributed by atoms with Crippen LogP contribution >= 0.6 is 22.6 Å². The molecule has 2 saturated heterocycles. The van der Waals surface area contributed by atoms with Crippen molar-refractivity contribution in [3.8, 4) is 0 Å². The average molecular weight is 444 g/mol. The van der Waals surface area contributed by atoms with Crippen LogP contribution in [0.1, 0.15) is 36.5 Å². The Morgan fingerprint density at radius 1 is 1.25 bits per heavy atom. The van der Waals surface area contributed by atoms with Crippen molar-refractivity contribution in [1.82, 2.24) is 0 Å². The van der Waals surface area contributed by atoms with Crippen LogP contribution in [-0.4, -0.2) is 43.8 Å². The number of benzene rings is 1. The van der Waals surface area contributed by atoms with Gasteiger partial charge in [0.15, 0.2) is 0 Å². The fourth-order valence-corrected chi connectivity index (χ4v) is 4.43. The van der Waals surface area contributed by atoms with E-state index in [1.165, 1.54) is 11.8 Å². The van der Waals surface area contributed by atoms with Crippen LogP contribution in [-0.2, 0) is 14.3 Å². The van der Waals surface area contributed by atoms with Crippen LogP contribution in [0.25, 0.3) is 0 Å². The smallest absolute Gasteiger partial charge is 0.338 e. The van der Waals surface area contributed by atoms with E-state index in [4.69, 9.17) is 9.47 Å². The molecule has 0 amide bonds. The Kier molecular flexibility index (Phi) is 5.44. The van der Waals surface area contributed by atoms with E-state index in [1.54, 1.807) is 12.1 Å². The number of quaternary nitrogens is 1. The van der Waals surface area contributed by atoms with E-state index < -0.39 is 0 Å². The number of halogens is 1. The van der Waals surface area contributed by atoms with Crippen LogP contribution in [0.2, 0.25) is 0 Å². The Hall–Kier alpha value is -1.15. The lowest BCUT2D eigenvalue weighted by molar-refractivity contribution is -0.927. The highest BCUT2D eigenvalue weighted by Gasteiger charge is 2.51. The number of esters is 2. The first-order chi connectivity index (χ1) is 11.5. The summed E-state index contributed by atoms with van der Waals surface area (Å²) >= 11 is 2.21. The third-order valence-corrected chi connectivity index (χ3v) is 6.10. The third-order valence-electron chi connectivity index (χ3n) is 5.38. The van der Waals surface area contributed by atoms with Crippen LogP contribution in [0.15, 0.2) is 24.3 Å². The lowest BCUT2D eigenvalue weighted by Crippen LogP contribution is -3.16. The zero-order chi connectivity index (χ0) is 17.3. The van der Waals surface area contributed by atoms with Gasteiger partial charge in [-0.05, 0) is 46.9 Å². The molecule has 0 radical (unpaired) electrons. The Morgan fingerprint density at radius 2 is 1.96 bits per heavy atom. The van der Waals surface area contributed by atoms with Gasteiger partial charge in [-0.2, -0.15) is 0 Å². The van der Waals surface area contributed by atoms with Gasteiger partial charge < -0.3 is 14.4 Å². The van der Waals surface area contributed by atoms with Gasteiger partial charge in [0, 0.05) is 29.8 Å². The molecular formula is C18H23INO4+. The van der Waals surface area contributed by atoms with Crippen molar-refractivity contribution in [2.45, 2.75) is 44.4 Å². The average Bonchev–Trinajstić information content (AvgIpc) is 2.79. The normalized spacial score (nSPS) is 31.5. The Labute approximate surface area is 155 Å². The first kappa shape index (κ1) is 17.7. The molecule has 2 aliphatic heterocycles. The van der Waals surface area contributed by atoms with Crippen molar-refractivity contribution in [2.24, 2.45) is 5.92 Å². The maximum atomic E-state index is 12.5. The SMILES string of the molecule is CC(=O)OC[C@H]1[C@@H](OC(=O)c2ccc(I)cc2)C[C@@H]2CC[C@H]1[NH+]2C. The highest BCUT2D eigenvalue weighted by atomic mass is 127. The van der Waals surface area contributed by atoms with Gasteiger partial charge >= 0.3 is 11.9 Å². The van der Waals surface area contributed by atoms with E-state index in [-0.39, 0.29) is 24.0 Å². The maximum Gasteiger partial charge on any atom is 0.338 e. The summed E-state index contributed by atoms with van der Waals surface area (Å²) in [5, 5.41) is 0. The first-order valence-corrected chi connectivity index (χ1v) is 9.47. The van der Waals surface area contributed by atoms with Crippen molar-refractivity contribution in [3.05, 3.63) is 33.4 Å². The van der Waals surface area contributed by atoms with Crippen molar-refractivity contribution >= 4 is 34.5 Å². The molecule has 130 valence electrons. The molecule has 0 aromatic heterocycles. The molecule has 3 rings (SSSR count). The monoisotopic (exact) mass is 444 g/mol. The summed E-state index contributed by atoms with van der Waals surface area (Å²) < 4.78 is 12.2. The second kappa shape index (κ2) is 7.39. The van der Waals surface area contributed by atoms with E-state index in [2.05, 4.69) is 29.6 Å². The minimum Gasteiger partial charge on any atom is -0.465 e. The molecule has 1 unspecified atom stereocenters. The molecule has 0 spiro atoms. The molecule has 5 nitrogen and oxygen atoms in total. The van der Waals surface area contributed by atoms with E-state index in [1.807, 2.05) is 12.1 Å². The highest BCUT2D eigenvalue weighted by molar-refractivity contribution is 14.1. The molecular weight excluding hydrogens is 421 g/mol. The van der Waals surface area contributed by atoms with Gasteiger partial charge in [-0.15, -0.1) is 0 Å². The van der Waals surface area contributed by atoms with Crippen molar-refractivity contribution in [1.29, 1.82) is 0 Å². The van der Waals surface area contributed by atoms with Crippen LogP contribution in [0.5, 0.6) is 0 Å². The van der Waals surface area contributed by atoms with E-state index in [0.717, 1.165) is 22.8 Å². The molecule has 2 aliphatic rings. The second-order valence-corrected chi connectivity index (χ2v) is 8.02. The van der Waals surface area contributed by atoms with E-state index in [9.17, 15) is 9.59 Å². The number of carbonyl (C=O) groups is 2. The summed E-state index contributed by atoms with van der Waals surface area (Å²) in [6, 6.07) is 8.29. The standard InChI is InChI=1S/C18H22INO4/c1-11(21)23-10-15-16-8-7-14(20(16)2)9-17(15)24-18(22)12-3-5-13(19)6-4-12/h3-6,14-17H,7-10H2,1-2H3/p+1/t14-,15+,16+,17-/m0/s1. The highest BCUT2D eigenvalue weighted by Crippen LogP contribution is 2.30. The van der Waals surface area contributed by atoms with Crippen molar-refractivity contribution in [3.63, 3.8) is 0 Å². The molecule has 1 aromatic carbocycles. The molecule has 6 heteroatoms. The largest absolute Gasteiger partial charge is 0.465 e. The minimum absolute atomic E-state index is 0.0699. The summed E-state index contributed by atoms with van der Waals surface area (Å²) in [7, 11) is 2.19. The molecule has 0 saturated carbocycles. The number of fused-ring (bicyclic) bond motifs is 2. The molecule has 2 fully saturated rings.